The lowest BCUT2D eigenvalue weighted by atomic mass is 10.2. The molecule has 1 aromatic rings. The predicted octanol–water partition coefficient (Wildman–Crippen LogP) is 2.93. The topological polar surface area (TPSA) is 75.7 Å². The number of nitrogens with zero attached hydrogens (tertiary/aromatic N) is 1. The van der Waals surface area contributed by atoms with Gasteiger partial charge in [-0.25, -0.2) is 4.79 Å². The highest BCUT2D eigenvalue weighted by molar-refractivity contribution is 8.01. The first-order chi connectivity index (χ1) is 11.8. The Bertz CT molecular complexity index is 745. The van der Waals surface area contributed by atoms with E-state index >= 15 is 0 Å². The van der Waals surface area contributed by atoms with Crippen LogP contribution in [0.5, 0.6) is 0 Å². The highest BCUT2D eigenvalue weighted by Gasteiger charge is 2.53. The van der Waals surface area contributed by atoms with Gasteiger partial charge in [0.25, 0.3) is 5.91 Å². The molecule has 2 saturated heterocycles. The van der Waals surface area contributed by atoms with E-state index in [9.17, 15) is 14.4 Å². The molecule has 1 aromatic carbocycles. The molecule has 0 aliphatic carbocycles. The zero-order chi connectivity index (χ0) is 18.2. The molecule has 0 unspecified atom stereocenters. The largest absolute Gasteiger partial charge is 0.454 e. The van der Waals surface area contributed by atoms with Crippen LogP contribution in [0.25, 0.3) is 0 Å². The predicted molar refractivity (Wildman–Crippen MR) is 96.8 cm³/mol. The maximum absolute atomic E-state index is 12.3. The van der Waals surface area contributed by atoms with Crippen molar-refractivity contribution < 1.29 is 19.1 Å². The second kappa shape index (κ2) is 7.05. The minimum atomic E-state index is -0.642. The minimum Gasteiger partial charge on any atom is -0.454 e. The van der Waals surface area contributed by atoms with E-state index < -0.39 is 24.5 Å². The van der Waals surface area contributed by atoms with Crippen LogP contribution in [0.4, 0.5) is 5.69 Å². The lowest BCUT2D eigenvalue weighted by Crippen LogP contribution is -2.47. The van der Waals surface area contributed by atoms with Gasteiger partial charge in [-0.1, -0.05) is 23.2 Å². The first kappa shape index (κ1) is 18.4. The molecule has 0 radical (unpaired) electrons. The van der Waals surface area contributed by atoms with Crippen molar-refractivity contribution in [2.45, 2.75) is 30.7 Å². The lowest BCUT2D eigenvalue weighted by Gasteiger charge is -2.29. The summed E-state index contributed by atoms with van der Waals surface area (Å²) in [5, 5.41) is 3.29. The number of carbonyl (C=O) groups is 3. The molecule has 2 aliphatic rings. The van der Waals surface area contributed by atoms with Gasteiger partial charge in [-0.3, -0.25) is 9.59 Å². The summed E-state index contributed by atoms with van der Waals surface area (Å²) in [6.45, 7) is 1.50. The van der Waals surface area contributed by atoms with E-state index in [4.69, 9.17) is 27.9 Å². The smallest absolute Gasteiger partial charge is 0.330 e. The first-order valence-corrected chi connectivity index (χ1v) is 9.42. The van der Waals surface area contributed by atoms with Crippen LogP contribution in [0.1, 0.15) is 19.8 Å². The van der Waals surface area contributed by atoms with Gasteiger partial charge in [-0.15, -0.1) is 11.8 Å². The molecule has 2 amide bonds. The fourth-order valence-electron chi connectivity index (χ4n) is 3.01. The van der Waals surface area contributed by atoms with Crippen LogP contribution in [0.2, 0.25) is 10.0 Å². The number of benzene rings is 1. The SMILES string of the molecule is C[C@]12CCC(=O)N1[C@@H](C(=O)OCC(=O)Nc1ccc(Cl)cc1Cl)CS2. The average Bonchev–Trinajstić information content (AvgIpc) is 3.04. The molecule has 1 N–H and O–H groups in total. The second-order valence-corrected chi connectivity index (χ2v) is 8.39. The summed E-state index contributed by atoms with van der Waals surface area (Å²) in [5.41, 5.74) is 0.380. The Morgan fingerprint density at radius 2 is 2.20 bits per heavy atom. The number of halogens is 2. The van der Waals surface area contributed by atoms with Crippen molar-refractivity contribution in [2.75, 3.05) is 17.7 Å². The number of thioether (sulfide) groups is 1. The molecule has 134 valence electrons. The van der Waals surface area contributed by atoms with E-state index in [1.165, 1.54) is 6.07 Å². The number of ether oxygens (including phenoxy) is 1. The summed E-state index contributed by atoms with van der Waals surface area (Å²) in [6, 6.07) is 4.01. The fourth-order valence-corrected chi connectivity index (χ4v) is 4.88. The third-order valence-electron chi connectivity index (χ3n) is 4.27. The fraction of sp³-hybridized carbons (Fsp3) is 0.438. The van der Waals surface area contributed by atoms with Gasteiger partial charge in [0, 0.05) is 17.2 Å². The number of carbonyl (C=O) groups excluding carboxylic acids is 3. The number of rotatable bonds is 4. The monoisotopic (exact) mass is 402 g/mol. The molecule has 0 spiro atoms. The number of hydrogen-bond acceptors (Lipinski definition) is 5. The average molecular weight is 403 g/mol. The Balaban J connectivity index is 1.55. The Labute approximate surface area is 159 Å². The third kappa shape index (κ3) is 3.73. The highest BCUT2D eigenvalue weighted by Crippen LogP contribution is 2.47. The van der Waals surface area contributed by atoms with Crippen molar-refractivity contribution in [1.82, 2.24) is 4.90 Å². The van der Waals surface area contributed by atoms with Gasteiger partial charge in [-0.05, 0) is 31.5 Å². The van der Waals surface area contributed by atoms with Gasteiger partial charge in [-0.2, -0.15) is 0 Å². The van der Waals surface area contributed by atoms with Crippen LogP contribution in [0.15, 0.2) is 18.2 Å². The molecule has 2 atom stereocenters. The van der Waals surface area contributed by atoms with Gasteiger partial charge < -0.3 is 15.0 Å². The lowest BCUT2D eigenvalue weighted by molar-refractivity contribution is -0.155. The molecular weight excluding hydrogens is 387 g/mol. The molecular formula is C16H16Cl2N2O4S. The Hall–Kier alpha value is -1.44. The number of amides is 2. The van der Waals surface area contributed by atoms with E-state index in [2.05, 4.69) is 5.32 Å². The van der Waals surface area contributed by atoms with E-state index in [0.717, 1.165) is 6.42 Å². The molecule has 3 rings (SSSR count). The molecule has 9 heteroatoms. The van der Waals surface area contributed by atoms with Crippen molar-refractivity contribution in [3.8, 4) is 0 Å². The molecule has 6 nitrogen and oxygen atoms in total. The van der Waals surface area contributed by atoms with Gasteiger partial charge in [0.1, 0.15) is 6.04 Å². The molecule has 0 bridgehead atoms. The second-order valence-electron chi connectivity index (χ2n) is 6.05. The van der Waals surface area contributed by atoms with Crippen molar-refractivity contribution in [3.63, 3.8) is 0 Å². The normalized spacial score (nSPS) is 25.0. The minimum absolute atomic E-state index is 0.0492. The van der Waals surface area contributed by atoms with Crippen molar-refractivity contribution in [3.05, 3.63) is 28.2 Å². The highest BCUT2D eigenvalue weighted by atomic mass is 35.5. The van der Waals surface area contributed by atoms with E-state index in [1.807, 2.05) is 6.92 Å². The van der Waals surface area contributed by atoms with Gasteiger partial charge in [0.15, 0.2) is 6.61 Å². The van der Waals surface area contributed by atoms with Crippen molar-refractivity contribution >= 4 is 58.4 Å². The molecule has 2 aliphatic heterocycles. The number of esters is 1. The number of nitrogens with one attached hydrogen (secondary N) is 1. The van der Waals surface area contributed by atoms with Crippen LogP contribution in [-0.4, -0.2) is 46.0 Å². The number of anilines is 1. The van der Waals surface area contributed by atoms with E-state index in [-0.39, 0.29) is 15.8 Å². The maximum atomic E-state index is 12.3. The van der Waals surface area contributed by atoms with Crippen LogP contribution in [0, 0.1) is 0 Å². The Morgan fingerprint density at radius 1 is 1.44 bits per heavy atom. The molecule has 25 heavy (non-hydrogen) atoms. The van der Waals surface area contributed by atoms with Crippen LogP contribution >= 0.6 is 35.0 Å². The summed E-state index contributed by atoms with van der Waals surface area (Å²) in [4.78, 5) is 37.5. The molecule has 0 saturated carbocycles. The molecule has 0 aromatic heterocycles. The zero-order valence-corrected chi connectivity index (χ0v) is 15.7. The quantitative estimate of drug-likeness (QED) is 0.783. The van der Waals surface area contributed by atoms with Crippen molar-refractivity contribution in [1.29, 1.82) is 0 Å². The number of hydrogen-bond donors (Lipinski definition) is 1. The van der Waals surface area contributed by atoms with Crippen LogP contribution in [-0.2, 0) is 19.1 Å². The summed E-state index contributed by atoms with van der Waals surface area (Å²) < 4.78 is 5.10. The third-order valence-corrected chi connectivity index (χ3v) is 6.32. The Kier molecular flexibility index (Phi) is 5.18. The van der Waals surface area contributed by atoms with Gasteiger partial charge in [0.05, 0.1) is 15.6 Å². The summed E-state index contributed by atoms with van der Waals surface area (Å²) in [5.74, 6) is -0.652. The summed E-state index contributed by atoms with van der Waals surface area (Å²) >= 11 is 13.3. The van der Waals surface area contributed by atoms with E-state index in [1.54, 1.807) is 28.8 Å². The van der Waals surface area contributed by atoms with Crippen molar-refractivity contribution in [2.24, 2.45) is 0 Å². The van der Waals surface area contributed by atoms with Gasteiger partial charge >= 0.3 is 5.97 Å². The number of fused-ring (bicyclic) bond motifs is 1. The van der Waals surface area contributed by atoms with Gasteiger partial charge in [0.2, 0.25) is 5.91 Å². The summed E-state index contributed by atoms with van der Waals surface area (Å²) in [6.07, 6.45) is 1.15. The molecule has 2 fully saturated rings. The Morgan fingerprint density at radius 3 is 2.92 bits per heavy atom. The van der Waals surface area contributed by atoms with Crippen LogP contribution in [0.3, 0.4) is 0 Å². The van der Waals surface area contributed by atoms with Crippen LogP contribution < -0.4 is 5.32 Å². The molecule has 2 heterocycles. The standard InChI is InChI=1S/C16H16Cl2N2O4S/c1-16-5-4-14(22)20(16)12(8-25-16)15(23)24-7-13(21)19-11-3-2-9(17)6-10(11)18/h2-3,6,12H,4-5,7-8H2,1H3,(H,19,21)/t12-,16+/m1/s1. The summed E-state index contributed by atoms with van der Waals surface area (Å²) in [7, 11) is 0. The van der Waals surface area contributed by atoms with E-state index in [0.29, 0.717) is 22.9 Å². The first-order valence-electron chi connectivity index (χ1n) is 7.68. The maximum Gasteiger partial charge on any atom is 0.330 e. The zero-order valence-electron chi connectivity index (χ0n) is 13.4.